The minimum Gasteiger partial charge on any atom is -0.495 e. The second kappa shape index (κ2) is 14.3. The Kier molecular flexibility index (Phi) is 12.0. The van der Waals surface area contributed by atoms with Crippen molar-refractivity contribution in [2.24, 2.45) is 0 Å². The highest BCUT2D eigenvalue weighted by Gasteiger charge is 2.28. The molecule has 0 saturated carbocycles. The van der Waals surface area contributed by atoms with Crippen molar-refractivity contribution < 1.29 is 22.7 Å². The summed E-state index contributed by atoms with van der Waals surface area (Å²) in [7, 11) is -2.20. The number of nitrogens with zero attached hydrogens (tertiary/aromatic N) is 2. The molecule has 2 aromatic carbocycles. The number of carbonyl (C=O) groups excluding carboxylic acids is 2. The molecule has 2 amide bonds. The minimum absolute atomic E-state index is 0.0150. The van der Waals surface area contributed by atoms with Gasteiger partial charge in [0.1, 0.15) is 11.8 Å². The SMILES string of the molecule is CCC(C)NC(=O)C(C)N(Cc1c(Cl)cccc1Cl)C(=O)CCCN(c1ccc(OC)c(Cl)c1)S(C)(=O)=O. The van der Waals surface area contributed by atoms with Crippen LogP contribution in [0.1, 0.15) is 45.6 Å². The maximum Gasteiger partial charge on any atom is 0.242 e. The van der Waals surface area contributed by atoms with E-state index in [4.69, 9.17) is 39.5 Å². The van der Waals surface area contributed by atoms with Gasteiger partial charge in [0.05, 0.1) is 24.1 Å². The zero-order valence-corrected chi connectivity index (χ0v) is 25.2. The van der Waals surface area contributed by atoms with Crippen molar-refractivity contribution in [2.75, 3.05) is 24.2 Å². The molecule has 2 rings (SSSR count). The van der Waals surface area contributed by atoms with Crippen molar-refractivity contribution in [2.45, 2.75) is 58.7 Å². The van der Waals surface area contributed by atoms with E-state index in [1.807, 2.05) is 13.8 Å². The molecule has 2 atom stereocenters. The van der Waals surface area contributed by atoms with Crippen molar-refractivity contribution in [3.05, 3.63) is 57.0 Å². The monoisotopic (exact) mass is 605 g/mol. The third-order valence-corrected chi connectivity index (χ3v) is 8.33. The number of benzene rings is 2. The number of amides is 2. The number of anilines is 1. The molecule has 0 fully saturated rings. The van der Waals surface area contributed by atoms with E-state index in [0.29, 0.717) is 27.0 Å². The van der Waals surface area contributed by atoms with Gasteiger partial charge in [-0.15, -0.1) is 0 Å². The summed E-state index contributed by atoms with van der Waals surface area (Å²) in [6.45, 7) is 5.53. The Hall–Kier alpha value is -2.20. The predicted molar refractivity (Wildman–Crippen MR) is 154 cm³/mol. The van der Waals surface area contributed by atoms with E-state index in [1.54, 1.807) is 37.3 Å². The van der Waals surface area contributed by atoms with Crippen molar-refractivity contribution in [1.29, 1.82) is 0 Å². The number of sulfonamides is 1. The molecule has 0 aliphatic rings. The summed E-state index contributed by atoms with van der Waals surface area (Å²) in [5.41, 5.74) is 0.879. The van der Waals surface area contributed by atoms with E-state index in [0.717, 1.165) is 12.7 Å². The smallest absolute Gasteiger partial charge is 0.242 e. The third kappa shape index (κ3) is 8.66. The Labute approximate surface area is 240 Å². The minimum atomic E-state index is -3.67. The topological polar surface area (TPSA) is 96.0 Å². The van der Waals surface area contributed by atoms with Gasteiger partial charge in [0, 0.05) is 41.2 Å². The first-order valence-corrected chi connectivity index (χ1v) is 15.1. The molecule has 0 saturated heterocycles. The van der Waals surface area contributed by atoms with Crippen LogP contribution in [0.15, 0.2) is 36.4 Å². The lowest BCUT2D eigenvalue weighted by molar-refractivity contribution is -0.140. The van der Waals surface area contributed by atoms with Crippen LogP contribution in [0, 0.1) is 0 Å². The molecule has 38 heavy (non-hydrogen) atoms. The molecule has 210 valence electrons. The molecule has 0 heterocycles. The quantitative estimate of drug-likeness (QED) is 0.323. The highest BCUT2D eigenvalue weighted by atomic mass is 35.5. The summed E-state index contributed by atoms with van der Waals surface area (Å²) in [6, 6.07) is 8.81. The van der Waals surface area contributed by atoms with E-state index < -0.39 is 16.1 Å². The first-order chi connectivity index (χ1) is 17.8. The lowest BCUT2D eigenvalue weighted by Gasteiger charge is -2.30. The average molecular weight is 607 g/mol. The summed E-state index contributed by atoms with van der Waals surface area (Å²) in [4.78, 5) is 27.8. The van der Waals surface area contributed by atoms with Crippen molar-refractivity contribution in [3.8, 4) is 5.75 Å². The number of ether oxygens (including phenoxy) is 1. The maximum absolute atomic E-state index is 13.4. The predicted octanol–water partition coefficient (Wildman–Crippen LogP) is 5.53. The fraction of sp³-hybridized carbons (Fsp3) is 0.462. The van der Waals surface area contributed by atoms with Crippen molar-refractivity contribution in [3.63, 3.8) is 0 Å². The number of methoxy groups -OCH3 is 1. The van der Waals surface area contributed by atoms with Crippen LogP contribution in [-0.2, 0) is 26.2 Å². The molecule has 12 heteroatoms. The van der Waals surface area contributed by atoms with Crippen molar-refractivity contribution in [1.82, 2.24) is 10.2 Å². The molecule has 2 unspecified atom stereocenters. The zero-order chi connectivity index (χ0) is 28.6. The van der Waals surface area contributed by atoms with Gasteiger partial charge in [-0.1, -0.05) is 47.8 Å². The Balaban J connectivity index is 2.25. The first-order valence-electron chi connectivity index (χ1n) is 12.1. The Morgan fingerprint density at radius 1 is 1.05 bits per heavy atom. The molecule has 0 aliphatic carbocycles. The van der Waals surface area contributed by atoms with Crippen LogP contribution in [0.25, 0.3) is 0 Å². The number of halogens is 3. The highest BCUT2D eigenvalue weighted by molar-refractivity contribution is 7.92. The van der Waals surface area contributed by atoms with E-state index in [9.17, 15) is 18.0 Å². The fourth-order valence-corrected chi connectivity index (χ4v) is 5.44. The van der Waals surface area contributed by atoms with E-state index in [1.165, 1.54) is 22.4 Å². The van der Waals surface area contributed by atoms with Crippen LogP contribution in [0.2, 0.25) is 15.1 Å². The first kappa shape index (κ1) is 32.0. The number of rotatable bonds is 13. The standard InChI is InChI=1S/C26H34Cl3N3O5S/c1-6-17(2)30-26(34)18(3)31(16-20-21(27)9-7-10-22(20)28)25(33)11-8-14-32(38(5,35)36)19-12-13-24(37-4)23(29)15-19/h7,9-10,12-13,15,17-18H,6,8,11,14,16H2,1-5H3,(H,30,34). The average Bonchev–Trinajstić information content (AvgIpc) is 2.85. The highest BCUT2D eigenvalue weighted by Crippen LogP contribution is 2.31. The van der Waals surface area contributed by atoms with Crippen LogP contribution in [-0.4, -0.2) is 57.1 Å². The molecular weight excluding hydrogens is 573 g/mol. The van der Waals surface area contributed by atoms with Crippen LogP contribution >= 0.6 is 34.8 Å². The number of hydrogen-bond acceptors (Lipinski definition) is 5. The summed E-state index contributed by atoms with van der Waals surface area (Å²) < 4.78 is 31.4. The lowest BCUT2D eigenvalue weighted by Crippen LogP contribution is -2.49. The van der Waals surface area contributed by atoms with Crippen LogP contribution in [0.3, 0.4) is 0 Å². The maximum atomic E-state index is 13.4. The largest absolute Gasteiger partial charge is 0.495 e. The second-order valence-electron chi connectivity index (χ2n) is 8.97. The number of nitrogens with one attached hydrogen (secondary N) is 1. The van der Waals surface area contributed by atoms with Crippen LogP contribution < -0.4 is 14.4 Å². The molecule has 0 aliphatic heterocycles. The van der Waals surface area contributed by atoms with E-state index in [2.05, 4.69) is 5.32 Å². The molecule has 1 N–H and O–H groups in total. The normalized spacial score (nSPS) is 12.9. The Bertz CT molecular complexity index is 1220. The Morgan fingerprint density at radius 3 is 2.21 bits per heavy atom. The summed E-state index contributed by atoms with van der Waals surface area (Å²) in [5.74, 6) is -0.229. The van der Waals surface area contributed by atoms with Gasteiger partial charge in [-0.2, -0.15) is 0 Å². The van der Waals surface area contributed by atoms with Gasteiger partial charge in [0.15, 0.2) is 0 Å². The molecule has 0 aromatic heterocycles. The van der Waals surface area contributed by atoms with Gasteiger partial charge in [0.25, 0.3) is 0 Å². The summed E-state index contributed by atoms with van der Waals surface area (Å²) in [5, 5.41) is 3.92. The molecule has 8 nitrogen and oxygen atoms in total. The van der Waals surface area contributed by atoms with E-state index in [-0.39, 0.29) is 48.8 Å². The van der Waals surface area contributed by atoms with Gasteiger partial charge in [-0.05, 0) is 57.0 Å². The second-order valence-corrected chi connectivity index (χ2v) is 12.1. The summed E-state index contributed by atoms with van der Waals surface area (Å²) in [6.07, 6.45) is 2.00. The fourth-order valence-electron chi connectivity index (χ4n) is 3.72. The molecular formula is C26H34Cl3N3O5S. The molecule has 0 spiro atoms. The third-order valence-electron chi connectivity index (χ3n) is 6.13. The van der Waals surface area contributed by atoms with Gasteiger partial charge >= 0.3 is 0 Å². The number of hydrogen-bond donors (Lipinski definition) is 1. The lowest BCUT2D eigenvalue weighted by atomic mass is 10.1. The Morgan fingerprint density at radius 2 is 1.68 bits per heavy atom. The number of carbonyl (C=O) groups is 2. The molecule has 0 bridgehead atoms. The van der Waals surface area contributed by atoms with Gasteiger partial charge < -0.3 is 15.0 Å². The summed E-state index contributed by atoms with van der Waals surface area (Å²) >= 11 is 18.9. The van der Waals surface area contributed by atoms with Gasteiger partial charge in [-0.25, -0.2) is 8.42 Å². The van der Waals surface area contributed by atoms with E-state index >= 15 is 0 Å². The van der Waals surface area contributed by atoms with Crippen LogP contribution in [0.4, 0.5) is 5.69 Å². The van der Waals surface area contributed by atoms with Crippen molar-refractivity contribution >= 4 is 62.3 Å². The zero-order valence-electron chi connectivity index (χ0n) is 22.1. The van der Waals surface area contributed by atoms with Crippen LogP contribution in [0.5, 0.6) is 5.75 Å². The molecule has 2 aromatic rings. The molecule has 0 radical (unpaired) electrons. The van der Waals surface area contributed by atoms with Gasteiger partial charge in [-0.3, -0.25) is 13.9 Å². The van der Waals surface area contributed by atoms with Gasteiger partial charge in [0.2, 0.25) is 21.8 Å².